The van der Waals surface area contributed by atoms with E-state index in [0.29, 0.717) is 25.7 Å². The summed E-state index contributed by atoms with van der Waals surface area (Å²) >= 11 is 0. The number of hydrogen-bond acceptors (Lipinski definition) is 15. The van der Waals surface area contributed by atoms with Crippen molar-refractivity contribution in [2.45, 2.75) is 412 Å². The molecule has 17 nitrogen and oxygen atoms in total. The van der Waals surface area contributed by atoms with Crippen molar-refractivity contribution in [2.75, 3.05) is 39.6 Å². The van der Waals surface area contributed by atoms with Crippen molar-refractivity contribution >= 4 is 39.5 Å². The first-order valence-corrected chi connectivity index (χ1v) is 43.1. The lowest BCUT2D eigenvalue weighted by Gasteiger charge is -2.21. The molecule has 5 atom stereocenters. The van der Waals surface area contributed by atoms with Gasteiger partial charge in [0, 0.05) is 25.7 Å². The highest BCUT2D eigenvalue weighted by Gasteiger charge is 2.30. The zero-order valence-electron chi connectivity index (χ0n) is 62.5. The minimum Gasteiger partial charge on any atom is -0.462 e. The van der Waals surface area contributed by atoms with Gasteiger partial charge in [0.25, 0.3) is 0 Å². The Morgan fingerprint density at radius 3 is 0.753 bits per heavy atom. The highest BCUT2D eigenvalue weighted by Crippen LogP contribution is 2.45. The second kappa shape index (κ2) is 71.9. The number of aliphatic hydroxyl groups excluding tert-OH is 1. The summed E-state index contributed by atoms with van der Waals surface area (Å²) < 4.78 is 68.6. The van der Waals surface area contributed by atoms with E-state index in [1.807, 2.05) is 0 Å². The SMILES string of the molecule is CCCCCC/C=C\C=C/CCCCCCCC(=O)OC[C@H](COP(=O)(O)OC[C@@H](O)COP(=O)(O)OC[C@@H](COC(=O)CCCCCCCCCCCCCC)OC(=O)CCCCCCCCCCCCCCC)OC(=O)CCCCCCCCCCCCCCCCCCC. The van der Waals surface area contributed by atoms with Gasteiger partial charge in [-0.15, -0.1) is 0 Å². The van der Waals surface area contributed by atoms with Crippen LogP contribution in [-0.2, 0) is 65.4 Å². The van der Waals surface area contributed by atoms with Gasteiger partial charge in [0.15, 0.2) is 12.2 Å². The van der Waals surface area contributed by atoms with Crippen LogP contribution in [0, 0.1) is 0 Å². The maximum absolute atomic E-state index is 13.1. The first kappa shape index (κ1) is 94.5. The number of carbonyl (C=O) groups excluding carboxylic acids is 4. The van der Waals surface area contributed by atoms with Crippen LogP contribution in [0.3, 0.4) is 0 Å². The smallest absolute Gasteiger partial charge is 0.462 e. The number of phosphoric acid groups is 2. The number of hydrogen-bond donors (Lipinski definition) is 3. The summed E-state index contributed by atoms with van der Waals surface area (Å²) in [6.45, 7) is 4.94. The molecule has 572 valence electrons. The first-order valence-electron chi connectivity index (χ1n) is 40.1. The molecule has 3 N–H and O–H groups in total. The molecule has 0 saturated heterocycles. The molecule has 0 aliphatic heterocycles. The van der Waals surface area contributed by atoms with E-state index in [2.05, 4.69) is 52.0 Å². The fraction of sp³-hybridized carbons (Fsp3) is 0.897. The number of unbranched alkanes of at least 4 members (excludes halogenated alkanes) is 48. The number of aliphatic hydroxyl groups is 1. The Kier molecular flexibility index (Phi) is 70.1. The van der Waals surface area contributed by atoms with E-state index in [1.165, 1.54) is 205 Å². The van der Waals surface area contributed by atoms with Gasteiger partial charge in [0.1, 0.15) is 19.3 Å². The monoisotopic (exact) mass is 1420 g/mol. The van der Waals surface area contributed by atoms with Crippen molar-refractivity contribution in [1.29, 1.82) is 0 Å². The van der Waals surface area contributed by atoms with Crippen LogP contribution in [-0.4, -0.2) is 96.7 Å². The van der Waals surface area contributed by atoms with Crippen LogP contribution in [0.5, 0.6) is 0 Å². The number of phosphoric ester groups is 2. The van der Waals surface area contributed by atoms with Crippen LogP contribution in [0.4, 0.5) is 0 Å². The fourth-order valence-corrected chi connectivity index (χ4v) is 13.1. The van der Waals surface area contributed by atoms with Gasteiger partial charge < -0.3 is 33.8 Å². The second-order valence-electron chi connectivity index (χ2n) is 27.4. The van der Waals surface area contributed by atoms with E-state index in [1.54, 1.807) is 0 Å². The highest BCUT2D eigenvalue weighted by atomic mass is 31.2. The molecule has 2 unspecified atom stereocenters. The highest BCUT2D eigenvalue weighted by molar-refractivity contribution is 7.47. The predicted octanol–water partition coefficient (Wildman–Crippen LogP) is 23.0. The summed E-state index contributed by atoms with van der Waals surface area (Å²) in [5.41, 5.74) is 0. The molecule has 0 spiro atoms. The molecule has 0 radical (unpaired) electrons. The summed E-state index contributed by atoms with van der Waals surface area (Å²) in [5, 5.41) is 10.6. The Bertz CT molecular complexity index is 1940. The Morgan fingerprint density at radius 2 is 0.495 bits per heavy atom. The van der Waals surface area contributed by atoms with Crippen molar-refractivity contribution in [3.63, 3.8) is 0 Å². The zero-order valence-corrected chi connectivity index (χ0v) is 64.3. The lowest BCUT2D eigenvalue weighted by Crippen LogP contribution is -2.30. The molecule has 0 amide bonds. The van der Waals surface area contributed by atoms with E-state index in [-0.39, 0.29) is 25.7 Å². The number of allylic oxidation sites excluding steroid dienone is 4. The van der Waals surface area contributed by atoms with Crippen molar-refractivity contribution in [3.05, 3.63) is 24.3 Å². The molecule has 97 heavy (non-hydrogen) atoms. The van der Waals surface area contributed by atoms with Crippen molar-refractivity contribution in [1.82, 2.24) is 0 Å². The molecule has 0 aliphatic carbocycles. The van der Waals surface area contributed by atoms with Crippen LogP contribution in [0.1, 0.15) is 394 Å². The number of esters is 4. The average molecular weight is 1420 g/mol. The number of carbonyl (C=O) groups is 4. The van der Waals surface area contributed by atoms with Gasteiger partial charge in [0.2, 0.25) is 0 Å². The Hall–Kier alpha value is -2.46. The maximum Gasteiger partial charge on any atom is 0.472 e. The van der Waals surface area contributed by atoms with E-state index in [4.69, 9.17) is 37.0 Å². The van der Waals surface area contributed by atoms with Crippen LogP contribution < -0.4 is 0 Å². The molecule has 0 saturated carbocycles. The molecule has 0 bridgehead atoms. The molecule has 0 heterocycles. The molecule has 19 heteroatoms. The van der Waals surface area contributed by atoms with Gasteiger partial charge in [-0.2, -0.15) is 0 Å². The Balaban J connectivity index is 5.29. The predicted molar refractivity (Wildman–Crippen MR) is 395 cm³/mol. The van der Waals surface area contributed by atoms with Crippen LogP contribution in [0.2, 0.25) is 0 Å². The van der Waals surface area contributed by atoms with E-state index < -0.39 is 97.5 Å². The largest absolute Gasteiger partial charge is 0.472 e. The normalized spacial score (nSPS) is 14.0. The minimum absolute atomic E-state index is 0.102. The van der Waals surface area contributed by atoms with E-state index in [9.17, 15) is 43.2 Å². The topological polar surface area (TPSA) is 237 Å². The molecule has 0 aromatic carbocycles. The molecule has 0 rings (SSSR count). The molecule has 0 aromatic rings. The zero-order chi connectivity index (χ0) is 71.1. The van der Waals surface area contributed by atoms with Crippen LogP contribution in [0.15, 0.2) is 24.3 Å². The fourth-order valence-electron chi connectivity index (χ4n) is 11.6. The van der Waals surface area contributed by atoms with Gasteiger partial charge in [-0.3, -0.25) is 37.3 Å². The average Bonchev–Trinajstić information content (AvgIpc) is 2.92. The lowest BCUT2D eigenvalue weighted by atomic mass is 10.0. The number of ether oxygens (including phenoxy) is 4. The van der Waals surface area contributed by atoms with Gasteiger partial charge >= 0.3 is 39.5 Å². The van der Waals surface area contributed by atoms with Crippen LogP contribution >= 0.6 is 15.6 Å². The summed E-state index contributed by atoms with van der Waals surface area (Å²) in [4.78, 5) is 72.9. The Labute approximate surface area is 592 Å². The third-order valence-electron chi connectivity index (χ3n) is 17.7. The van der Waals surface area contributed by atoms with Crippen LogP contribution in [0.25, 0.3) is 0 Å². The third-order valence-corrected chi connectivity index (χ3v) is 19.6. The molecular formula is C78H148O17P2. The number of rotatable bonds is 77. The van der Waals surface area contributed by atoms with E-state index in [0.717, 1.165) is 109 Å². The Morgan fingerprint density at radius 1 is 0.289 bits per heavy atom. The first-order chi connectivity index (χ1) is 47.2. The summed E-state index contributed by atoms with van der Waals surface area (Å²) in [7, 11) is -9.92. The molecule has 0 aromatic heterocycles. The summed E-state index contributed by atoms with van der Waals surface area (Å²) in [6, 6.07) is 0. The lowest BCUT2D eigenvalue weighted by molar-refractivity contribution is -0.161. The van der Waals surface area contributed by atoms with Gasteiger partial charge in [-0.25, -0.2) is 9.13 Å². The molecule has 0 fully saturated rings. The van der Waals surface area contributed by atoms with Crippen molar-refractivity contribution in [3.8, 4) is 0 Å². The van der Waals surface area contributed by atoms with Crippen molar-refractivity contribution < 1.29 is 80.2 Å². The van der Waals surface area contributed by atoms with Gasteiger partial charge in [-0.1, -0.05) is 341 Å². The summed E-state index contributed by atoms with van der Waals surface area (Å²) in [5.74, 6) is -2.14. The summed E-state index contributed by atoms with van der Waals surface area (Å²) in [6.07, 6.45) is 65.8. The van der Waals surface area contributed by atoms with E-state index >= 15 is 0 Å². The van der Waals surface area contributed by atoms with Crippen molar-refractivity contribution in [2.24, 2.45) is 0 Å². The minimum atomic E-state index is -4.97. The quantitative estimate of drug-likeness (QED) is 0.0169. The van der Waals surface area contributed by atoms with Gasteiger partial charge in [0.05, 0.1) is 26.4 Å². The molecular weight excluding hydrogens is 1270 g/mol. The third kappa shape index (κ3) is 71.7. The maximum atomic E-state index is 13.1. The standard InChI is InChI=1S/C78H148O17P2/c1-5-9-13-17-21-25-29-33-35-36-38-41-45-49-53-57-61-65-78(83)95-74(69-89-76(81)63-59-55-51-47-43-40-37-34-30-26-22-18-14-10-6-2)71-93-97(86,87)91-67-72(79)66-90-96(84,85)92-70-73(68-88-75(80)62-58-54-50-46-42-32-28-24-20-16-12-8-4)94-77(82)64-60-56-52-48-44-39-31-27-23-19-15-11-7-3/h26,30,34,37,72-74,79H,5-25,27-29,31-33,35-36,38-71H2,1-4H3,(H,84,85)(H,86,87)/b30-26-,37-34-/t72-,73+,74+/m0/s1. The molecule has 0 aliphatic rings. The van der Waals surface area contributed by atoms with Gasteiger partial charge in [-0.05, 0) is 51.4 Å². The second-order valence-corrected chi connectivity index (χ2v) is 30.3.